The van der Waals surface area contributed by atoms with E-state index in [-0.39, 0.29) is 5.78 Å². The van der Waals surface area contributed by atoms with E-state index < -0.39 is 0 Å². The first-order chi connectivity index (χ1) is 9.16. The molecule has 1 aromatic carbocycles. The molecule has 0 fully saturated rings. The number of pyridine rings is 1. The topological polar surface area (TPSA) is 45.8 Å². The molecule has 19 heavy (non-hydrogen) atoms. The molecule has 1 N–H and O–H groups in total. The van der Waals surface area contributed by atoms with Gasteiger partial charge in [0.25, 0.3) is 0 Å². The first-order valence-corrected chi connectivity index (χ1v) is 6.69. The molecule has 0 bridgehead atoms. The Balaban J connectivity index is 2.11. The number of fused-ring (bicyclic) bond motifs is 1. The van der Waals surface area contributed by atoms with Crippen LogP contribution in [0.1, 0.15) is 21.5 Å². The maximum absolute atomic E-state index is 12.5. The first-order valence-electron chi connectivity index (χ1n) is 5.90. The van der Waals surface area contributed by atoms with Crippen molar-refractivity contribution in [3.63, 3.8) is 0 Å². The van der Waals surface area contributed by atoms with Gasteiger partial charge in [-0.15, -0.1) is 0 Å². The van der Waals surface area contributed by atoms with E-state index in [0.29, 0.717) is 11.1 Å². The molecule has 0 atom stereocenters. The van der Waals surface area contributed by atoms with Gasteiger partial charge in [-0.3, -0.25) is 4.79 Å². The monoisotopic (exact) mass is 314 g/mol. The highest BCUT2D eigenvalue weighted by Gasteiger charge is 2.15. The number of H-pyrrole nitrogens is 1. The number of benzene rings is 1. The second-order valence-electron chi connectivity index (χ2n) is 4.40. The normalized spacial score (nSPS) is 10.8. The lowest BCUT2D eigenvalue weighted by Gasteiger charge is -2.03. The van der Waals surface area contributed by atoms with E-state index in [4.69, 9.17) is 0 Å². The average molecular weight is 315 g/mol. The van der Waals surface area contributed by atoms with Crippen LogP contribution in [-0.4, -0.2) is 15.8 Å². The zero-order valence-corrected chi connectivity index (χ0v) is 11.9. The van der Waals surface area contributed by atoms with E-state index in [1.54, 1.807) is 12.4 Å². The summed E-state index contributed by atoms with van der Waals surface area (Å²) in [5, 5.41) is 0.851. The van der Waals surface area contributed by atoms with Crippen LogP contribution >= 0.6 is 15.9 Å². The van der Waals surface area contributed by atoms with Crippen molar-refractivity contribution >= 4 is 32.7 Å². The summed E-state index contributed by atoms with van der Waals surface area (Å²) in [6.45, 7) is 1.99. The Bertz CT molecular complexity index is 777. The van der Waals surface area contributed by atoms with Gasteiger partial charge in [0.2, 0.25) is 0 Å². The van der Waals surface area contributed by atoms with Gasteiger partial charge >= 0.3 is 0 Å². The highest BCUT2D eigenvalue weighted by molar-refractivity contribution is 9.10. The lowest BCUT2D eigenvalue weighted by molar-refractivity contribution is 0.104. The Kier molecular flexibility index (Phi) is 2.95. The summed E-state index contributed by atoms with van der Waals surface area (Å²) in [5.74, 6) is -0.0000463. The third kappa shape index (κ3) is 2.08. The minimum Gasteiger partial charge on any atom is -0.345 e. The summed E-state index contributed by atoms with van der Waals surface area (Å²) in [6, 6.07) is 9.36. The fourth-order valence-electron chi connectivity index (χ4n) is 2.03. The average Bonchev–Trinajstić information content (AvgIpc) is 2.85. The minimum absolute atomic E-state index is 0.0000463. The summed E-state index contributed by atoms with van der Waals surface area (Å²) in [6.07, 6.45) is 3.42. The molecular formula is C15H11BrN2O. The number of hydrogen-bond donors (Lipinski definition) is 1. The number of hydrogen-bond acceptors (Lipinski definition) is 2. The number of carbonyl (C=O) groups is 1. The predicted octanol–water partition coefficient (Wildman–Crippen LogP) is 3.86. The van der Waals surface area contributed by atoms with Crippen LogP contribution in [-0.2, 0) is 0 Å². The predicted molar refractivity (Wildman–Crippen MR) is 78.4 cm³/mol. The molecule has 0 aliphatic rings. The zero-order chi connectivity index (χ0) is 13.4. The molecule has 2 heterocycles. The third-order valence-electron chi connectivity index (χ3n) is 3.13. The summed E-state index contributed by atoms with van der Waals surface area (Å²) in [5.41, 5.74) is 3.16. The van der Waals surface area contributed by atoms with Crippen molar-refractivity contribution in [1.82, 2.24) is 9.97 Å². The molecule has 0 spiro atoms. The van der Waals surface area contributed by atoms with Crippen molar-refractivity contribution in [2.75, 3.05) is 0 Å². The van der Waals surface area contributed by atoms with Crippen molar-refractivity contribution in [3.05, 3.63) is 63.9 Å². The second-order valence-corrected chi connectivity index (χ2v) is 5.25. The number of ketones is 1. The number of carbonyl (C=O) groups excluding carboxylic acids is 1. The van der Waals surface area contributed by atoms with Crippen molar-refractivity contribution in [2.45, 2.75) is 6.92 Å². The Labute approximate surface area is 118 Å². The van der Waals surface area contributed by atoms with Crippen LogP contribution < -0.4 is 0 Å². The molecule has 0 saturated carbocycles. The molecule has 3 nitrogen and oxygen atoms in total. The number of nitrogens with zero attached hydrogens (tertiary/aromatic N) is 1. The molecular weight excluding hydrogens is 304 g/mol. The molecule has 0 aliphatic carbocycles. The lowest BCUT2D eigenvalue weighted by Crippen LogP contribution is -2.00. The Morgan fingerprint density at radius 2 is 2.16 bits per heavy atom. The Morgan fingerprint density at radius 1 is 1.32 bits per heavy atom. The van der Waals surface area contributed by atoms with Gasteiger partial charge in [0.1, 0.15) is 5.65 Å². The summed E-state index contributed by atoms with van der Waals surface area (Å²) >= 11 is 3.46. The van der Waals surface area contributed by atoms with E-state index >= 15 is 0 Å². The van der Waals surface area contributed by atoms with Crippen LogP contribution in [0.25, 0.3) is 11.0 Å². The number of aromatic nitrogens is 2. The van der Waals surface area contributed by atoms with Crippen LogP contribution in [0.4, 0.5) is 0 Å². The standard InChI is InChI=1S/C15H11BrN2O/c1-9-4-5-10(7-13(9)16)14(19)12-8-18-15-11(12)3-2-6-17-15/h2-8H,1H3,(H,17,18). The Hall–Kier alpha value is -1.94. The van der Waals surface area contributed by atoms with Gasteiger partial charge < -0.3 is 4.98 Å². The van der Waals surface area contributed by atoms with E-state index in [1.807, 2.05) is 37.3 Å². The van der Waals surface area contributed by atoms with E-state index in [0.717, 1.165) is 21.1 Å². The molecule has 0 amide bonds. The molecule has 0 aliphatic heterocycles. The molecule has 94 valence electrons. The van der Waals surface area contributed by atoms with Gasteiger partial charge in [0, 0.05) is 33.4 Å². The summed E-state index contributed by atoms with van der Waals surface area (Å²) in [4.78, 5) is 19.7. The van der Waals surface area contributed by atoms with Crippen LogP contribution in [0, 0.1) is 6.92 Å². The van der Waals surface area contributed by atoms with Crippen LogP contribution in [0.3, 0.4) is 0 Å². The molecule has 3 rings (SSSR count). The van der Waals surface area contributed by atoms with Gasteiger partial charge in [-0.25, -0.2) is 4.98 Å². The van der Waals surface area contributed by atoms with Crippen molar-refractivity contribution in [3.8, 4) is 0 Å². The maximum atomic E-state index is 12.5. The molecule has 2 aromatic heterocycles. The molecule has 3 aromatic rings. The van der Waals surface area contributed by atoms with Crippen molar-refractivity contribution in [2.24, 2.45) is 0 Å². The summed E-state index contributed by atoms with van der Waals surface area (Å²) < 4.78 is 0.941. The second kappa shape index (κ2) is 4.63. The zero-order valence-electron chi connectivity index (χ0n) is 10.3. The van der Waals surface area contributed by atoms with Gasteiger partial charge in [0.05, 0.1) is 0 Å². The number of rotatable bonds is 2. The number of aromatic amines is 1. The van der Waals surface area contributed by atoms with Crippen molar-refractivity contribution in [1.29, 1.82) is 0 Å². The van der Waals surface area contributed by atoms with E-state index in [2.05, 4.69) is 25.9 Å². The smallest absolute Gasteiger partial charge is 0.195 e. The highest BCUT2D eigenvalue weighted by atomic mass is 79.9. The van der Waals surface area contributed by atoms with Crippen LogP contribution in [0.2, 0.25) is 0 Å². The summed E-state index contributed by atoms with van der Waals surface area (Å²) in [7, 11) is 0. The SMILES string of the molecule is Cc1ccc(C(=O)c2c[nH]c3ncccc23)cc1Br. The number of aryl methyl sites for hydroxylation is 1. The molecule has 4 heteroatoms. The molecule has 0 saturated heterocycles. The van der Waals surface area contributed by atoms with Crippen LogP contribution in [0.5, 0.6) is 0 Å². The van der Waals surface area contributed by atoms with Gasteiger partial charge in [-0.2, -0.15) is 0 Å². The largest absolute Gasteiger partial charge is 0.345 e. The van der Waals surface area contributed by atoms with E-state index in [1.165, 1.54) is 0 Å². The minimum atomic E-state index is -0.0000463. The highest BCUT2D eigenvalue weighted by Crippen LogP contribution is 2.23. The molecule has 0 unspecified atom stereocenters. The van der Waals surface area contributed by atoms with Gasteiger partial charge in [0.15, 0.2) is 5.78 Å². The molecule has 0 radical (unpaired) electrons. The third-order valence-corrected chi connectivity index (χ3v) is 3.98. The first kappa shape index (κ1) is 12.1. The Morgan fingerprint density at radius 3 is 2.95 bits per heavy atom. The number of halogens is 1. The fraction of sp³-hybridized carbons (Fsp3) is 0.0667. The van der Waals surface area contributed by atoms with Gasteiger partial charge in [-0.05, 0) is 30.7 Å². The fourth-order valence-corrected chi connectivity index (χ4v) is 2.41. The lowest BCUT2D eigenvalue weighted by atomic mass is 10.0. The number of nitrogens with one attached hydrogen (secondary N) is 1. The van der Waals surface area contributed by atoms with Gasteiger partial charge in [-0.1, -0.05) is 28.1 Å². The van der Waals surface area contributed by atoms with Crippen LogP contribution in [0.15, 0.2) is 47.2 Å². The van der Waals surface area contributed by atoms with Crippen molar-refractivity contribution < 1.29 is 4.79 Å². The maximum Gasteiger partial charge on any atom is 0.195 e. The van der Waals surface area contributed by atoms with E-state index in [9.17, 15) is 4.79 Å². The quantitative estimate of drug-likeness (QED) is 0.730.